The summed E-state index contributed by atoms with van der Waals surface area (Å²) in [7, 11) is 0. The number of hydrogen-bond acceptors (Lipinski definition) is 4. The number of fused-ring (bicyclic) bond motifs is 1. The van der Waals surface area contributed by atoms with Crippen LogP contribution in [0.2, 0.25) is 5.02 Å². The van der Waals surface area contributed by atoms with E-state index in [0.717, 1.165) is 16.9 Å². The van der Waals surface area contributed by atoms with Crippen LogP contribution in [0.5, 0.6) is 11.5 Å². The average Bonchev–Trinajstić information content (AvgIpc) is 2.54. The molecule has 0 N–H and O–H groups in total. The second-order valence-electron chi connectivity index (χ2n) is 4.74. The molecular formula is C17H11BrClNO3. The molecule has 0 fully saturated rings. The number of halogens is 2. The fourth-order valence-corrected chi connectivity index (χ4v) is 2.54. The Morgan fingerprint density at radius 1 is 1.39 bits per heavy atom. The van der Waals surface area contributed by atoms with E-state index in [-0.39, 0.29) is 0 Å². The van der Waals surface area contributed by atoms with Gasteiger partial charge in [0.1, 0.15) is 17.0 Å². The second kappa shape index (κ2) is 6.98. The van der Waals surface area contributed by atoms with Crippen LogP contribution in [0.15, 0.2) is 58.9 Å². The summed E-state index contributed by atoms with van der Waals surface area (Å²) in [5.41, 5.74) is 1.73. The SMILES string of the molecule is O=C(/C=C/C1=Cc2cc(Cl)ccc2OC1)Oc1cccnc1Br. The van der Waals surface area contributed by atoms with E-state index in [1.165, 1.54) is 6.08 Å². The average molecular weight is 393 g/mol. The van der Waals surface area contributed by atoms with E-state index in [1.807, 2.05) is 18.2 Å². The van der Waals surface area contributed by atoms with Gasteiger partial charge in [-0.3, -0.25) is 0 Å². The molecule has 0 atom stereocenters. The lowest BCUT2D eigenvalue weighted by Gasteiger charge is -2.16. The second-order valence-corrected chi connectivity index (χ2v) is 5.92. The maximum absolute atomic E-state index is 11.9. The number of pyridine rings is 1. The van der Waals surface area contributed by atoms with E-state index in [0.29, 0.717) is 22.0 Å². The number of aromatic nitrogens is 1. The van der Waals surface area contributed by atoms with Crippen LogP contribution in [0.3, 0.4) is 0 Å². The third-order valence-electron chi connectivity index (χ3n) is 3.08. The molecule has 1 aliphatic heterocycles. The topological polar surface area (TPSA) is 48.4 Å². The zero-order valence-corrected chi connectivity index (χ0v) is 14.2. The van der Waals surface area contributed by atoms with E-state index >= 15 is 0 Å². The van der Waals surface area contributed by atoms with Gasteiger partial charge in [-0.1, -0.05) is 11.6 Å². The molecule has 1 aliphatic rings. The quantitative estimate of drug-likeness (QED) is 0.440. The molecule has 0 radical (unpaired) electrons. The van der Waals surface area contributed by atoms with Crippen LogP contribution >= 0.6 is 27.5 Å². The maximum Gasteiger partial charge on any atom is 0.336 e. The Balaban J connectivity index is 1.71. The molecule has 0 unspecified atom stereocenters. The predicted octanol–water partition coefficient (Wildman–Crippen LogP) is 4.44. The zero-order chi connectivity index (χ0) is 16.2. The molecule has 0 aliphatic carbocycles. The van der Waals surface area contributed by atoms with Crippen molar-refractivity contribution in [1.82, 2.24) is 4.98 Å². The third kappa shape index (κ3) is 4.00. The molecule has 1 aromatic carbocycles. The minimum atomic E-state index is -0.489. The van der Waals surface area contributed by atoms with Crippen molar-refractivity contribution in [2.45, 2.75) is 0 Å². The minimum absolute atomic E-state index is 0.369. The van der Waals surface area contributed by atoms with E-state index in [9.17, 15) is 4.79 Å². The first-order valence-electron chi connectivity index (χ1n) is 6.75. The summed E-state index contributed by atoms with van der Waals surface area (Å²) >= 11 is 9.19. The molecule has 0 saturated heterocycles. The lowest BCUT2D eigenvalue weighted by molar-refractivity contribution is -0.129. The van der Waals surface area contributed by atoms with Crippen molar-refractivity contribution >= 4 is 39.6 Å². The highest BCUT2D eigenvalue weighted by Gasteiger charge is 2.11. The molecule has 0 bridgehead atoms. The van der Waals surface area contributed by atoms with Gasteiger partial charge in [0.2, 0.25) is 0 Å². The molecule has 6 heteroatoms. The first-order valence-corrected chi connectivity index (χ1v) is 7.92. The molecule has 3 rings (SSSR count). The smallest absolute Gasteiger partial charge is 0.336 e. The lowest BCUT2D eigenvalue weighted by Crippen LogP contribution is -2.08. The minimum Gasteiger partial charge on any atom is -0.488 e. The van der Waals surface area contributed by atoms with Crippen molar-refractivity contribution < 1.29 is 14.3 Å². The Morgan fingerprint density at radius 2 is 2.26 bits per heavy atom. The standard InChI is InChI=1S/C17H11BrClNO3/c18-17-15(2-1-7-20-17)23-16(21)6-3-11-8-12-9-13(19)4-5-14(12)22-10-11/h1-9H,10H2/b6-3+. The number of esters is 1. The highest BCUT2D eigenvalue weighted by atomic mass is 79.9. The van der Waals surface area contributed by atoms with Gasteiger partial charge < -0.3 is 9.47 Å². The zero-order valence-electron chi connectivity index (χ0n) is 11.8. The highest BCUT2D eigenvalue weighted by Crippen LogP contribution is 2.29. The van der Waals surface area contributed by atoms with Gasteiger partial charge in [0.25, 0.3) is 0 Å². The molecule has 2 aromatic rings. The molecule has 2 heterocycles. The van der Waals surface area contributed by atoms with Gasteiger partial charge in [0.15, 0.2) is 5.75 Å². The number of rotatable bonds is 3. The number of ether oxygens (including phenoxy) is 2. The van der Waals surface area contributed by atoms with Crippen molar-refractivity contribution in [3.8, 4) is 11.5 Å². The van der Waals surface area contributed by atoms with Crippen molar-refractivity contribution in [3.05, 3.63) is 69.4 Å². The monoisotopic (exact) mass is 391 g/mol. The highest BCUT2D eigenvalue weighted by molar-refractivity contribution is 9.10. The summed E-state index contributed by atoms with van der Waals surface area (Å²) in [5, 5.41) is 0.634. The van der Waals surface area contributed by atoms with Crippen LogP contribution in [-0.2, 0) is 4.79 Å². The first-order chi connectivity index (χ1) is 11.1. The molecule has 4 nitrogen and oxygen atoms in total. The summed E-state index contributed by atoms with van der Waals surface area (Å²) < 4.78 is 11.3. The third-order valence-corrected chi connectivity index (χ3v) is 3.91. The molecule has 0 spiro atoms. The van der Waals surface area contributed by atoms with Crippen LogP contribution in [0.1, 0.15) is 5.56 Å². The molecule has 0 amide bonds. The van der Waals surface area contributed by atoms with Gasteiger partial charge in [0.05, 0.1) is 0 Å². The molecule has 116 valence electrons. The van der Waals surface area contributed by atoms with Crippen molar-refractivity contribution in [1.29, 1.82) is 0 Å². The Kier molecular flexibility index (Phi) is 4.79. The van der Waals surface area contributed by atoms with E-state index in [1.54, 1.807) is 30.5 Å². The fourth-order valence-electron chi connectivity index (χ4n) is 2.03. The molecule has 1 aromatic heterocycles. The Labute approximate surface area is 146 Å². The summed E-state index contributed by atoms with van der Waals surface area (Å²) in [6, 6.07) is 8.76. The van der Waals surface area contributed by atoms with Crippen molar-refractivity contribution in [2.24, 2.45) is 0 Å². The molecular weight excluding hydrogens is 382 g/mol. The summed E-state index contributed by atoms with van der Waals surface area (Å²) in [4.78, 5) is 15.8. The van der Waals surface area contributed by atoms with E-state index in [2.05, 4.69) is 20.9 Å². The normalized spacial score (nSPS) is 13.2. The largest absolute Gasteiger partial charge is 0.488 e. The van der Waals surface area contributed by atoms with E-state index < -0.39 is 5.97 Å². The first kappa shape index (κ1) is 15.8. The number of carbonyl (C=O) groups is 1. The Bertz CT molecular complexity index is 817. The number of hydrogen-bond donors (Lipinski definition) is 0. The summed E-state index contributed by atoms with van der Waals surface area (Å²) in [5.74, 6) is 0.651. The maximum atomic E-state index is 11.9. The van der Waals surface area contributed by atoms with Gasteiger partial charge in [-0.15, -0.1) is 0 Å². The van der Waals surface area contributed by atoms with Crippen LogP contribution in [0, 0.1) is 0 Å². The fraction of sp³-hybridized carbons (Fsp3) is 0.0588. The van der Waals surface area contributed by atoms with Crippen LogP contribution in [0.25, 0.3) is 6.08 Å². The molecule has 0 saturated carbocycles. The predicted molar refractivity (Wildman–Crippen MR) is 91.6 cm³/mol. The lowest BCUT2D eigenvalue weighted by atomic mass is 10.1. The van der Waals surface area contributed by atoms with Gasteiger partial charge in [-0.2, -0.15) is 0 Å². The van der Waals surface area contributed by atoms with Crippen molar-refractivity contribution in [2.75, 3.05) is 6.61 Å². The van der Waals surface area contributed by atoms with Gasteiger partial charge in [0, 0.05) is 22.9 Å². The van der Waals surface area contributed by atoms with Crippen LogP contribution < -0.4 is 9.47 Å². The van der Waals surface area contributed by atoms with E-state index in [4.69, 9.17) is 21.1 Å². The number of benzene rings is 1. The molecule has 23 heavy (non-hydrogen) atoms. The van der Waals surface area contributed by atoms with Gasteiger partial charge in [-0.25, -0.2) is 9.78 Å². The Hall–Kier alpha value is -2.11. The number of nitrogens with zero attached hydrogens (tertiary/aromatic N) is 1. The van der Waals surface area contributed by atoms with Crippen LogP contribution in [0.4, 0.5) is 0 Å². The number of carbonyl (C=O) groups excluding carboxylic acids is 1. The van der Waals surface area contributed by atoms with Crippen LogP contribution in [-0.4, -0.2) is 17.6 Å². The van der Waals surface area contributed by atoms with Gasteiger partial charge in [-0.05, 0) is 64.0 Å². The summed E-state index contributed by atoms with van der Waals surface area (Å²) in [6.07, 6.45) is 6.54. The summed E-state index contributed by atoms with van der Waals surface area (Å²) in [6.45, 7) is 0.384. The van der Waals surface area contributed by atoms with Crippen molar-refractivity contribution in [3.63, 3.8) is 0 Å². The van der Waals surface area contributed by atoms with Gasteiger partial charge >= 0.3 is 5.97 Å². The Morgan fingerprint density at radius 3 is 3.09 bits per heavy atom.